The second-order valence-electron chi connectivity index (χ2n) is 6.61. The van der Waals surface area contributed by atoms with Crippen molar-refractivity contribution in [2.45, 2.75) is 32.8 Å². The maximum atomic E-state index is 12.0. The van der Waals surface area contributed by atoms with E-state index in [9.17, 15) is 9.59 Å². The number of carbonyl (C=O) groups excluding carboxylic acids is 2. The topological polar surface area (TPSA) is 58.6 Å². The van der Waals surface area contributed by atoms with E-state index < -0.39 is 5.60 Å². The first kappa shape index (κ1) is 17.0. The molecule has 1 N–H and O–H groups in total. The third kappa shape index (κ3) is 5.10. The molecule has 6 heteroatoms. The number of rotatable bonds is 5. The number of nitrogens with zero attached hydrogens (tertiary/aromatic N) is 1. The second-order valence-corrected chi connectivity index (χ2v) is 7.56. The van der Waals surface area contributed by atoms with Crippen LogP contribution in [0.1, 0.15) is 36.9 Å². The normalized spacial score (nSPS) is 18.5. The Balaban J connectivity index is 1.68. The van der Waals surface area contributed by atoms with Crippen LogP contribution in [0, 0.1) is 5.92 Å². The van der Waals surface area contributed by atoms with Crippen molar-refractivity contribution in [2.75, 3.05) is 26.2 Å². The number of likely N-dealkylation sites (tertiary alicyclic amines) is 1. The predicted molar refractivity (Wildman–Crippen MR) is 87.4 cm³/mol. The summed E-state index contributed by atoms with van der Waals surface area (Å²) in [6.07, 6.45) is 0.698. The van der Waals surface area contributed by atoms with E-state index >= 15 is 0 Å². The Hall–Kier alpha value is -1.40. The lowest BCUT2D eigenvalue weighted by atomic mass is 10.1. The summed E-state index contributed by atoms with van der Waals surface area (Å²) in [5, 5.41) is 5.11. The molecule has 0 saturated carbocycles. The molecule has 1 aliphatic rings. The van der Waals surface area contributed by atoms with Gasteiger partial charge in [-0.05, 0) is 44.6 Å². The van der Waals surface area contributed by atoms with Crippen LogP contribution in [0.5, 0.6) is 0 Å². The van der Waals surface area contributed by atoms with E-state index in [0.717, 1.165) is 24.4 Å². The molecule has 1 aliphatic heterocycles. The number of hydrogen-bond acceptors (Lipinski definition) is 5. The van der Waals surface area contributed by atoms with E-state index in [-0.39, 0.29) is 11.9 Å². The van der Waals surface area contributed by atoms with Crippen LogP contribution in [0.25, 0.3) is 0 Å². The van der Waals surface area contributed by atoms with Gasteiger partial charge < -0.3 is 15.0 Å². The van der Waals surface area contributed by atoms with Crippen molar-refractivity contribution in [1.82, 2.24) is 10.2 Å². The lowest BCUT2D eigenvalue weighted by molar-refractivity contribution is 0.0288. The lowest BCUT2D eigenvalue weighted by Crippen LogP contribution is -2.36. The molecule has 1 saturated heterocycles. The molecule has 2 rings (SSSR count). The highest BCUT2D eigenvalue weighted by atomic mass is 32.1. The summed E-state index contributed by atoms with van der Waals surface area (Å²) in [5.74, 6) is 0.501. The molecule has 1 fully saturated rings. The number of hydrogen-bond donors (Lipinski definition) is 1. The Kier molecular flexibility index (Phi) is 5.58. The summed E-state index contributed by atoms with van der Waals surface area (Å²) in [5.41, 5.74) is -0.458. The van der Waals surface area contributed by atoms with E-state index in [1.165, 1.54) is 11.3 Å². The second kappa shape index (κ2) is 7.24. The molecule has 0 bridgehead atoms. The van der Waals surface area contributed by atoms with Gasteiger partial charge in [-0.1, -0.05) is 6.07 Å². The van der Waals surface area contributed by atoms with Crippen LogP contribution in [0.4, 0.5) is 4.79 Å². The first-order valence-corrected chi connectivity index (χ1v) is 8.48. The van der Waals surface area contributed by atoms with Gasteiger partial charge in [-0.15, -0.1) is 11.3 Å². The number of ether oxygens (including phenoxy) is 1. The van der Waals surface area contributed by atoms with Gasteiger partial charge in [0.15, 0.2) is 5.78 Å². The van der Waals surface area contributed by atoms with Gasteiger partial charge in [0.05, 0.1) is 11.4 Å². The molecular weight excluding hydrogens is 300 g/mol. The average Bonchev–Trinajstić information content (AvgIpc) is 3.08. The van der Waals surface area contributed by atoms with Crippen LogP contribution < -0.4 is 5.32 Å². The quantitative estimate of drug-likeness (QED) is 0.846. The van der Waals surface area contributed by atoms with Crippen molar-refractivity contribution in [3.8, 4) is 0 Å². The van der Waals surface area contributed by atoms with Crippen LogP contribution >= 0.6 is 11.3 Å². The molecule has 22 heavy (non-hydrogen) atoms. The Morgan fingerprint density at radius 3 is 2.86 bits per heavy atom. The van der Waals surface area contributed by atoms with Gasteiger partial charge in [-0.3, -0.25) is 4.79 Å². The highest BCUT2D eigenvalue weighted by Crippen LogP contribution is 2.19. The number of Topliss-reactive ketones (excluding diaryl/α,β-unsaturated/α-hetero) is 1. The first-order valence-electron chi connectivity index (χ1n) is 7.60. The molecule has 1 unspecified atom stereocenters. The van der Waals surface area contributed by atoms with Crippen molar-refractivity contribution < 1.29 is 14.3 Å². The predicted octanol–water partition coefficient (Wildman–Crippen LogP) is 2.78. The van der Waals surface area contributed by atoms with E-state index in [2.05, 4.69) is 5.32 Å². The molecule has 122 valence electrons. The van der Waals surface area contributed by atoms with Crippen LogP contribution in [-0.2, 0) is 4.74 Å². The Bertz CT molecular complexity index is 508. The summed E-state index contributed by atoms with van der Waals surface area (Å²) in [7, 11) is 0. The van der Waals surface area contributed by atoms with Gasteiger partial charge in [0.1, 0.15) is 5.60 Å². The van der Waals surface area contributed by atoms with Crippen molar-refractivity contribution >= 4 is 23.2 Å². The monoisotopic (exact) mass is 324 g/mol. The highest BCUT2D eigenvalue weighted by Gasteiger charge is 2.29. The maximum Gasteiger partial charge on any atom is 0.410 e. The molecular formula is C16H24N2O3S. The number of nitrogens with one attached hydrogen (secondary N) is 1. The molecule has 1 aromatic heterocycles. The Morgan fingerprint density at radius 1 is 1.45 bits per heavy atom. The third-order valence-corrected chi connectivity index (χ3v) is 4.36. The number of thiophene rings is 1. The van der Waals surface area contributed by atoms with Crippen molar-refractivity contribution in [3.63, 3.8) is 0 Å². The number of carbonyl (C=O) groups is 2. The van der Waals surface area contributed by atoms with Crippen LogP contribution in [0.2, 0.25) is 0 Å². The minimum atomic E-state index is -0.458. The number of ketones is 1. The molecule has 0 aliphatic carbocycles. The minimum absolute atomic E-state index is 0.122. The van der Waals surface area contributed by atoms with Crippen molar-refractivity contribution in [3.05, 3.63) is 22.4 Å². The van der Waals surface area contributed by atoms with Gasteiger partial charge in [-0.2, -0.15) is 0 Å². The van der Waals surface area contributed by atoms with E-state index in [1.807, 2.05) is 38.3 Å². The molecule has 0 spiro atoms. The van der Waals surface area contributed by atoms with Crippen LogP contribution in [0.3, 0.4) is 0 Å². The average molecular weight is 324 g/mol. The highest BCUT2D eigenvalue weighted by molar-refractivity contribution is 7.12. The Morgan fingerprint density at radius 2 is 2.23 bits per heavy atom. The third-order valence-electron chi connectivity index (χ3n) is 3.45. The largest absolute Gasteiger partial charge is 0.444 e. The summed E-state index contributed by atoms with van der Waals surface area (Å²) in [6.45, 7) is 8.12. The lowest BCUT2D eigenvalue weighted by Gasteiger charge is -2.24. The summed E-state index contributed by atoms with van der Waals surface area (Å²) in [6, 6.07) is 3.72. The zero-order chi connectivity index (χ0) is 16.2. The fourth-order valence-corrected chi connectivity index (χ4v) is 3.07. The molecule has 1 atom stereocenters. The summed E-state index contributed by atoms with van der Waals surface area (Å²) >= 11 is 1.46. The fourth-order valence-electron chi connectivity index (χ4n) is 2.41. The zero-order valence-electron chi connectivity index (χ0n) is 13.4. The first-order chi connectivity index (χ1) is 10.3. The SMILES string of the molecule is CC(C)(C)OC(=O)N1CCC(CNCC(=O)c2cccs2)C1. The molecule has 1 aromatic rings. The molecule has 5 nitrogen and oxygen atoms in total. The Labute approximate surface area is 135 Å². The van der Waals surface area contributed by atoms with E-state index in [4.69, 9.17) is 4.74 Å². The van der Waals surface area contributed by atoms with Crippen LogP contribution in [0.15, 0.2) is 17.5 Å². The van der Waals surface area contributed by atoms with Gasteiger partial charge >= 0.3 is 6.09 Å². The van der Waals surface area contributed by atoms with Crippen molar-refractivity contribution in [2.24, 2.45) is 5.92 Å². The molecule has 0 radical (unpaired) electrons. The summed E-state index contributed by atoms with van der Waals surface area (Å²) in [4.78, 5) is 26.4. The van der Waals surface area contributed by atoms with E-state index in [1.54, 1.807) is 4.90 Å². The maximum absolute atomic E-state index is 12.0. The zero-order valence-corrected chi connectivity index (χ0v) is 14.2. The smallest absolute Gasteiger partial charge is 0.410 e. The van der Waals surface area contributed by atoms with Gasteiger partial charge in [-0.25, -0.2) is 4.79 Å². The van der Waals surface area contributed by atoms with Crippen molar-refractivity contribution in [1.29, 1.82) is 0 Å². The molecule has 0 aromatic carbocycles. The summed E-state index contributed by atoms with van der Waals surface area (Å²) < 4.78 is 5.38. The standard InChI is InChI=1S/C16H24N2O3S/c1-16(2,3)21-15(20)18-7-6-12(11-18)9-17-10-13(19)14-5-4-8-22-14/h4-5,8,12,17H,6-7,9-11H2,1-3H3. The van der Waals surface area contributed by atoms with Gasteiger partial charge in [0.2, 0.25) is 0 Å². The van der Waals surface area contributed by atoms with Gasteiger partial charge in [0, 0.05) is 19.6 Å². The molecule has 1 amide bonds. The minimum Gasteiger partial charge on any atom is -0.444 e. The van der Waals surface area contributed by atoms with Crippen LogP contribution in [-0.4, -0.2) is 48.6 Å². The molecule has 2 heterocycles. The number of amides is 1. The van der Waals surface area contributed by atoms with E-state index in [0.29, 0.717) is 19.0 Å². The fraction of sp³-hybridized carbons (Fsp3) is 0.625. The van der Waals surface area contributed by atoms with Gasteiger partial charge in [0.25, 0.3) is 0 Å².